The molecule has 0 aliphatic carbocycles. The number of phenolic OH excluding ortho intramolecular Hbond substituents is 1. The topological polar surface area (TPSA) is 55.5 Å². The van der Waals surface area contributed by atoms with E-state index in [1.807, 2.05) is 45.9 Å². The Morgan fingerprint density at radius 3 is 2.19 bits per heavy atom. The molecule has 0 spiro atoms. The van der Waals surface area contributed by atoms with Crippen molar-refractivity contribution in [3.05, 3.63) is 46.0 Å². The Labute approximate surface area is 130 Å². The van der Waals surface area contributed by atoms with Crippen molar-refractivity contribution in [2.24, 2.45) is 0 Å². The molecule has 0 radical (unpaired) electrons. The molecule has 0 amide bonds. The monoisotopic (exact) mass is 305 g/mol. The van der Waals surface area contributed by atoms with Gasteiger partial charge in [0.15, 0.2) is 0 Å². The van der Waals surface area contributed by atoms with E-state index in [0.29, 0.717) is 16.5 Å². The number of nitrogens with two attached hydrogens (primary N) is 1. The maximum Gasteiger partial charge on any atom is 0.137 e. The van der Waals surface area contributed by atoms with Crippen molar-refractivity contribution in [2.75, 3.05) is 5.73 Å². The molecule has 21 heavy (non-hydrogen) atoms. The first-order valence-corrected chi connectivity index (χ1v) is 7.24. The highest BCUT2D eigenvalue weighted by molar-refractivity contribution is 6.32. The van der Waals surface area contributed by atoms with Crippen LogP contribution in [-0.2, 0) is 0 Å². The summed E-state index contributed by atoms with van der Waals surface area (Å²) in [5.74, 6) is 1.64. The van der Waals surface area contributed by atoms with Gasteiger partial charge in [0.2, 0.25) is 0 Å². The first kappa shape index (κ1) is 15.5. The minimum Gasteiger partial charge on any atom is -0.506 e. The van der Waals surface area contributed by atoms with Gasteiger partial charge in [-0.1, -0.05) is 25.4 Å². The van der Waals surface area contributed by atoms with E-state index in [2.05, 4.69) is 0 Å². The van der Waals surface area contributed by atoms with Gasteiger partial charge in [0.1, 0.15) is 17.2 Å². The molecule has 4 heteroatoms. The Kier molecular flexibility index (Phi) is 4.33. The summed E-state index contributed by atoms with van der Waals surface area (Å²) >= 11 is 6.08. The number of benzene rings is 2. The number of rotatable bonds is 3. The van der Waals surface area contributed by atoms with Crippen molar-refractivity contribution in [1.82, 2.24) is 0 Å². The molecule has 0 heterocycles. The van der Waals surface area contributed by atoms with Gasteiger partial charge < -0.3 is 15.6 Å². The molecular weight excluding hydrogens is 286 g/mol. The van der Waals surface area contributed by atoms with Crippen LogP contribution >= 0.6 is 11.6 Å². The highest BCUT2D eigenvalue weighted by Gasteiger charge is 2.14. The van der Waals surface area contributed by atoms with E-state index in [-0.39, 0.29) is 11.7 Å². The van der Waals surface area contributed by atoms with Crippen molar-refractivity contribution < 1.29 is 9.84 Å². The summed E-state index contributed by atoms with van der Waals surface area (Å²) in [7, 11) is 0. The standard InChI is InChI=1S/C17H20ClNO2/c1-9(2)14-7-13(8-15(18)16(14)20)21-17-10(3)5-12(19)6-11(17)4/h5-9,20H,19H2,1-4H3. The fraction of sp³-hybridized carbons (Fsp3) is 0.294. The second-order valence-corrected chi connectivity index (χ2v) is 5.99. The van der Waals surface area contributed by atoms with Crippen LogP contribution < -0.4 is 10.5 Å². The average Bonchev–Trinajstić information content (AvgIpc) is 2.37. The lowest BCUT2D eigenvalue weighted by atomic mass is 10.0. The maximum absolute atomic E-state index is 10.0. The maximum atomic E-state index is 10.0. The van der Waals surface area contributed by atoms with E-state index in [4.69, 9.17) is 22.1 Å². The van der Waals surface area contributed by atoms with Crippen molar-refractivity contribution in [2.45, 2.75) is 33.6 Å². The molecule has 2 rings (SSSR count). The highest BCUT2D eigenvalue weighted by Crippen LogP contribution is 2.39. The average molecular weight is 306 g/mol. The molecule has 0 bridgehead atoms. The zero-order valence-corrected chi connectivity index (χ0v) is 13.5. The molecule has 112 valence electrons. The molecular formula is C17H20ClNO2. The van der Waals surface area contributed by atoms with Gasteiger partial charge in [-0.15, -0.1) is 0 Å². The van der Waals surface area contributed by atoms with Gasteiger partial charge in [0.05, 0.1) is 5.02 Å². The lowest BCUT2D eigenvalue weighted by molar-refractivity contribution is 0.453. The number of ether oxygens (including phenoxy) is 1. The Bertz CT molecular complexity index is 658. The second kappa shape index (κ2) is 5.86. The molecule has 0 atom stereocenters. The Morgan fingerprint density at radius 1 is 1.10 bits per heavy atom. The SMILES string of the molecule is Cc1cc(N)cc(C)c1Oc1cc(Cl)c(O)c(C(C)C)c1. The predicted octanol–water partition coefficient (Wildman–Crippen LogP) is 5.16. The van der Waals surface area contributed by atoms with Crippen LogP contribution in [0.3, 0.4) is 0 Å². The van der Waals surface area contributed by atoms with Crippen LogP contribution in [0, 0.1) is 13.8 Å². The number of anilines is 1. The molecule has 2 aromatic carbocycles. The summed E-state index contributed by atoms with van der Waals surface area (Å²) in [6.45, 7) is 7.89. The number of hydrogen-bond acceptors (Lipinski definition) is 3. The third-order valence-corrected chi connectivity index (χ3v) is 3.68. The van der Waals surface area contributed by atoms with Crippen LogP contribution in [0.1, 0.15) is 36.5 Å². The summed E-state index contributed by atoms with van der Waals surface area (Å²) in [6.07, 6.45) is 0. The number of aryl methyl sites for hydroxylation is 2. The van der Waals surface area contributed by atoms with Gasteiger partial charge in [0.25, 0.3) is 0 Å². The number of hydrogen-bond donors (Lipinski definition) is 2. The third-order valence-electron chi connectivity index (χ3n) is 3.39. The summed E-state index contributed by atoms with van der Waals surface area (Å²) in [4.78, 5) is 0. The van der Waals surface area contributed by atoms with Crippen molar-refractivity contribution in [3.8, 4) is 17.2 Å². The van der Waals surface area contributed by atoms with Gasteiger partial charge >= 0.3 is 0 Å². The number of halogens is 1. The first-order chi connectivity index (χ1) is 9.79. The molecule has 2 aromatic rings. The number of aromatic hydroxyl groups is 1. The third kappa shape index (κ3) is 3.24. The zero-order chi connectivity index (χ0) is 15.7. The molecule has 0 fully saturated rings. The lowest BCUT2D eigenvalue weighted by Gasteiger charge is -2.16. The van der Waals surface area contributed by atoms with Crippen molar-refractivity contribution in [1.29, 1.82) is 0 Å². The molecule has 0 aromatic heterocycles. The van der Waals surface area contributed by atoms with Gasteiger partial charge in [0, 0.05) is 17.3 Å². The summed E-state index contributed by atoms with van der Waals surface area (Å²) in [6, 6.07) is 7.18. The van der Waals surface area contributed by atoms with Crippen LogP contribution in [0.15, 0.2) is 24.3 Å². The van der Waals surface area contributed by atoms with Crippen LogP contribution in [0.5, 0.6) is 17.2 Å². The number of nitrogen functional groups attached to an aromatic ring is 1. The van der Waals surface area contributed by atoms with Crippen LogP contribution in [0.2, 0.25) is 5.02 Å². The Morgan fingerprint density at radius 2 is 1.67 bits per heavy atom. The van der Waals surface area contributed by atoms with Gasteiger partial charge in [-0.3, -0.25) is 0 Å². The molecule has 0 unspecified atom stereocenters. The van der Waals surface area contributed by atoms with Gasteiger partial charge in [-0.05, 0) is 49.1 Å². The molecule has 0 saturated carbocycles. The van der Waals surface area contributed by atoms with Crippen LogP contribution in [0.25, 0.3) is 0 Å². The predicted molar refractivity (Wildman–Crippen MR) is 87.6 cm³/mol. The zero-order valence-electron chi connectivity index (χ0n) is 12.7. The van der Waals surface area contributed by atoms with Crippen LogP contribution in [-0.4, -0.2) is 5.11 Å². The molecule has 0 aliphatic heterocycles. The molecule has 3 N–H and O–H groups in total. The quantitative estimate of drug-likeness (QED) is 0.770. The van der Waals surface area contributed by atoms with E-state index in [9.17, 15) is 5.11 Å². The first-order valence-electron chi connectivity index (χ1n) is 6.86. The smallest absolute Gasteiger partial charge is 0.137 e. The van der Waals surface area contributed by atoms with E-state index in [0.717, 1.165) is 22.4 Å². The molecule has 0 saturated heterocycles. The fourth-order valence-corrected chi connectivity index (χ4v) is 2.57. The number of phenols is 1. The van der Waals surface area contributed by atoms with E-state index < -0.39 is 0 Å². The Hall–Kier alpha value is -1.87. The minimum atomic E-state index is 0.116. The second-order valence-electron chi connectivity index (χ2n) is 5.58. The van der Waals surface area contributed by atoms with Gasteiger partial charge in [-0.25, -0.2) is 0 Å². The van der Waals surface area contributed by atoms with E-state index >= 15 is 0 Å². The summed E-state index contributed by atoms with van der Waals surface area (Å²) in [5, 5.41) is 10.3. The van der Waals surface area contributed by atoms with Crippen LogP contribution in [0.4, 0.5) is 5.69 Å². The largest absolute Gasteiger partial charge is 0.506 e. The summed E-state index contributed by atoms with van der Waals surface area (Å²) in [5.41, 5.74) is 9.22. The normalized spacial score (nSPS) is 11.0. The van der Waals surface area contributed by atoms with Crippen molar-refractivity contribution in [3.63, 3.8) is 0 Å². The lowest BCUT2D eigenvalue weighted by Crippen LogP contribution is -1.96. The summed E-state index contributed by atoms with van der Waals surface area (Å²) < 4.78 is 5.97. The Balaban J connectivity index is 2.45. The minimum absolute atomic E-state index is 0.116. The van der Waals surface area contributed by atoms with E-state index in [1.54, 1.807) is 6.07 Å². The fourth-order valence-electron chi connectivity index (χ4n) is 2.36. The highest BCUT2D eigenvalue weighted by atomic mass is 35.5. The molecule has 3 nitrogen and oxygen atoms in total. The molecule has 0 aliphatic rings. The van der Waals surface area contributed by atoms with Gasteiger partial charge in [-0.2, -0.15) is 0 Å². The van der Waals surface area contributed by atoms with Crippen molar-refractivity contribution >= 4 is 17.3 Å². The van der Waals surface area contributed by atoms with E-state index in [1.165, 1.54) is 0 Å².